The molecule has 148 valence electrons. The lowest BCUT2D eigenvalue weighted by atomic mass is 10.2. The van der Waals surface area contributed by atoms with E-state index in [1.54, 1.807) is 12.1 Å². The number of halogens is 1. The van der Waals surface area contributed by atoms with Crippen molar-refractivity contribution < 1.29 is 28.6 Å². The minimum Gasteiger partial charge on any atom is -0.493 e. The number of esters is 1. The molecule has 8 nitrogen and oxygen atoms in total. The SMILES string of the molecule is CNC(=O)NC(=O)[C@H](C)OC(=O)/C=C/c1cc(Cl)c(OC(C)C)c(OC)c1. The van der Waals surface area contributed by atoms with E-state index in [0.29, 0.717) is 22.1 Å². The van der Waals surface area contributed by atoms with Crippen LogP contribution in [0.3, 0.4) is 0 Å². The second-order valence-electron chi connectivity index (χ2n) is 5.68. The maximum atomic E-state index is 11.9. The van der Waals surface area contributed by atoms with Gasteiger partial charge in [0.15, 0.2) is 17.6 Å². The van der Waals surface area contributed by atoms with Gasteiger partial charge in [-0.05, 0) is 44.5 Å². The van der Waals surface area contributed by atoms with Crippen molar-refractivity contribution in [1.29, 1.82) is 0 Å². The fourth-order valence-electron chi connectivity index (χ4n) is 1.89. The van der Waals surface area contributed by atoms with E-state index in [9.17, 15) is 14.4 Å². The molecule has 1 aromatic rings. The zero-order chi connectivity index (χ0) is 20.6. The third-order valence-electron chi connectivity index (χ3n) is 3.14. The quantitative estimate of drug-likeness (QED) is 0.540. The van der Waals surface area contributed by atoms with Crippen LogP contribution >= 0.6 is 11.6 Å². The maximum absolute atomic E-state index is 11.9. The summed E-state index contributed by atoms with van der Waals surface area (Å²) in [6.45, 7) is 5.07. The summed E-state index contributed by atoms with van der Waals surface area (Å²) in [7, 11) is 2.84. The molecule has 1 atom stereocenters. The predicted octanol–water partition coefficient (Wildman–Crippen LogP) is 2.54. The van der Waals surface area contributed by atoms with Gasteiger partial charge in [0.1, 0.15) is 0 Å². The van der Waals surface area contributed by atoms with Crippen molar-refractivity contribution in [1.82, 2.24) is 10.6 Å². The molecule has 0 heterocycles. The molecule has 0 saturated carbocycles. The first-order chi connectivity index (χ1) is 12.7. The number of imide groups is 1. The molecule has 2 N–H and O–H groups in total. The number of urea groups is 1. The van der Waals surface area contributed by atoms with Gasteiger partial charge >= 0.3 is 12.0 Å². The molecule has 0 saturated heterocycles. The fourth-order valence-corrected chi connectivity index (χ4v) is 2.16. The van der Waals surface area contributed by atoms with E-state index in [0.717, 1.165) is 6.08 Å². The van der Waals surface area contributed by atoms with Crippen molar-refractivity contribution in [3.05, 3.63) is 28.8 Å². The summed E-state index contributed by atoms with van der Waals surface area (Å²) >= 11 is 6.21. The van der Waals surface area contributed by atoms with Crippen LogP contribution in [0.1, 0.15) is 26.3 Å². The number of ether oxygens (including phenoxy) is 3. The number of carbonyl (C=O) groups excluding carboxylic acids is 3. The molecule has 0 radical (unpaired) electrons. The van der Waals surface area contributed by atoms with Crippen LogP contribution in [0.5, 0.6) is 11.5 Å². The Balaban J connectivity index is 2.81. The lowest BCUT2D eigenvalue weighted by molar-refractivity contribution is -0.149. The predicted molar refractivity (Wildman–Crippen MR) is 101 cm³/mol. The second kappa shape index (κ2) is 10.4. The van der Waals surface area contributed by atoms with Gasteiger partial charge in [0, 0.05) is 13.1 Å². The van der Waals surface area contributed by atoms with Gasteiger partial charge in [-0.25, -0.2) is 9.59 Å². The molecular weight excluding hydrogens is 376 g/mol. The number of nitrogens with one attached hydrogen (secondary N) is 2. The summed E-state index contributed by atoms with van der Waals surface area (Å²) in [6, 6.07) is 2.56. The Morgan fingerprint density at radius 1 is 1.19 bits per heavy atom. The highest BCUT2D eigenvalue weighted by Gasteiger charge is 2.18. The normalized spacial score (nSPS) is 11.8. The molecule has 27 heavy (non-hydrogen) atoms. The number of amides is 3. The van der Waals surface area contributed by atoms with Gasteiger partial charge in [0.2, 0.25) is 0 Å². The zero-order valence-corrected chi connectivity index (χ0v) is 16.5. The van der Waals surface area contributed by atoms with Crippen molar-refractivity contribution in [2.45, 2.75) is 33.0 Å². The lowest BCUT2D eigenvalue weighted by Gasteiger charge is -2.15. The molecular formula is C18H23ClN2O6. The monoisotopic (exact) mass is 398 g/mol. The summed E-state index contributed by atoms with van der Waals surface area (Å²) in [5.74, 6) is -0.668. The van der Waals surface area contributed by atoms with Gasteiger partial charge < -0.3 is 19.5 Å². The highest BCUT2D eigenvalue weighted by molar-refractivity contribution is 6.32. The average Bonchev–Trinajstić information content (AvgIpc) is 2.61. The Hall–Kier alpha value is -2.74. The molecule has 0 aliphatic rings. The Kier molecular flexibility index (Phi) is 8.61. The topological polar surface area (TPSA) is 103 Å². The van der Waals surface area contributed by atoms with Gasteiger partial charge in [-0.3, -0.25) is 10.1 Å². The van der Waals surface area contributed by atoms with Crippen molar-refractivity contribution in [2.75, 3.05) is 14.2 Å². The first-order valence-corrected chi connectivity index (χ1v) is 8.51. The van der Waals surface area contributed by atoms with E-state index < -0.39 is 24.0 Å². The summed E-state index contributed by atoms with van der Waals surface area (Å²) in [6.07, 6.45) is 1.37. The number of hydrogen-bond acceptors (Lipinski definition) is 6. The number of benzene rings is 1. The van der Waals surface area contributed by atoms with Crippen molar-refractivity contribution in [3.8, 4) is 11.5 Å². The van der Waals surface area contributed by atoms with Gasteiger partial charge in [0.05, 0.1) is 18.2 Å². The standard InChI is InChI=1S/C18H23ClN2O6/c1-10(2)26-16-13(19)8-12(9-14(16)25-5)6-7-15(22)27-11(3)17(23)21-18(24)20-4/h6-11H,1-5H3,(H2,20,21,23,24)/b7-6+/t11-/m0/s1. The Morgan fingerprint density at radius 2 is 1.85 bits per heavy atom. The summed E-state index contributed by atoms with van der Waals surface area (Å²) < 4.78 is 15.8. The van der Waals surface area contributed by atoms with Crippen LogP contribution in [0.25, 0.3) is 6.08 Å². The molecule has 0 spiro atoms. The zero-order valence-electron chi connectivity index (χ0n) is 15.8. The van der Waals surface area contributed by atoms with Gasteiger partial charge in [-0.1, -0.05) is 11.6 Å². The lowest BCUT2D eigenvalue weighted by Crippen LogP contribution is -2.43. The molecule has 3 amide bonds. The van der Waals surface area contributed by atoms with E-state index in [-0.39, 0.29) is 6.10 Å². The van der Waals surface area contributed by atoms with Crippen molar-refractivity contribution in [2.24, 2.45) is 0 Å². The van der Waals surface area contributed by atoms with Gasteiger partial charge in [0.25, 0.3) is 5.91 Å². The van der Waals surface area contributed by atoms with Crippen LogP contribution in [0, 0.1) is 0 Å². The highest BCUT2D eigenvalue weighted by atomic mass is 35.5. The van der Waals surface area contributed by atoms with Crippen LogP contribution in [0.15, 0.2) is 18.2 Å². The van der Waals surface area contributed by atoms with E-state index in [1.807, 2.05) is 19.2 Å². The molecule has 0 aliphatic carbocycles. The third kappa shape index (κ3) is 7.18. The van der Waals surface area contributed by atoms with E-state index in [4.69, 9.17) is 25.8 Å². The van der Waals surface area contributed by atoms with E-state index >= 15 is 0 Å². The second-order valence-corrected chi connectivity index (χ2v) is 6.09. The Bertz CT molecular complexity index is 733. The Labute approximate surface area is 162 Å². The minimum atomic E-state index is -1.14. The van der Waals surface area contributed by atoms with Crippen LogP contribution in [0.2, 0.25) is 5.02 Å². The molecule has 0 unspecified atom stereocenters. The molecule has 1 aromatic carbocycles. The minimum absolute atomic E-state index is 0.0878. The average molecular weight is 399 g/mol. The molecule has 0 bridgehead atoms. The van der Waals surface area contributed by atoms with Gasteiger partial charge in [-0.2, -0.15) is 0 Å². The summed E-state index contributed by atoms with van der Waals surface area (Å²) in [5.41, 5.74) is 0.576. The van der Waals surface area contributed by atoms with E-state index in [1.165, 1.54) is 27.2 Å². The Morgan fingerprint density at radius 3 is 2.41 bits per heavy atom. The third-order valence-corrected chi connectivity index (χ3v) is 3.42. The van der Waals surface area contributed by atoms with Crippen LogP contribution in [0.4, 0.5) is 4.79 Å². The van der Waals surface area contributed by atoms with Crippen LogP contribution in [-0.2, 0) is 14.3 Å². The summed E-state index contributed by atoms with van der Waals surface area (Å²) in [5, 5.41) is 4.57. The number of carbonyl (C=O) groups is 3. The van der Waals surface area contributed by atoms with Crippen LogP contribution in [-0.4, -0.2) is 44.3 Å². The van der Waals surface area contributed by atoms with E-state index in [2.05, 4.69) is 5.32 Å². The molecule has 1 rings (SSSR count). The number of hydrogen-bond donors (Lipinski definition) is 2. The smallest absolute Gasteiger partial charge is 0.331 e. The summed E-state index contributed by atoms with van der Waals surface area (Å²) in [4.78, 5) is 34.6. The molecule has 9 heteroatoms. The molecule has 0 aliphatic heterocycles. The fraction of sp³-hybridized carbons (Fsp3) is 0.389. The largest absolute Gasteiger partial charge is 0.493 e. The first kappa shape index (κ1) is 22.3. The molecule has 0 fully saturated rings. The number of rotatable bonds is 7. The van der Waals surface area contributed by atoms with Crippen LogP contribution < -0.4 is 20.1 Å². The maximum Gasteiger partial charge on any atom is 0.331 e. The highest BCUT2D eigenvalue weighted by Crippen LogP contribution is 2.37. The number of methoxy groups -OCH3 is 1. The van der Waals surface area contributed by atoms with Gasteiger partial charge in [-0.15, -0.1) is 0 Å². The molecule has 0 aromatic heterocycles. The van der Waals surface area contributed by atoms with Crippen molar-refractivity contribution >= 4 is 35.6 Å². The first-order valence-electron chi connectivity index (χ1n) is 8.13. The van der Waals surface area contributed by atoms with Crippen molar-refractivity contribution in [3.63, 3.8) is 0 Å².